The van der Waals surface area contributed by atoms with Crippen molar-refractivity contribution >= 4 is 29.6 Å². The van der Waals surface area contributed by atoms with E-state index in [0.29, 0.717) is 16.3 Å². The molecule has 0 aliphatic carbocycles. The smallest absolute Gasteiger partial charge is 0.307 e. The number of methoxy groups -OCH3 is 1. The molecular formula is C20H18ClNO4. The Kier molecular flexibility index (Phi) is 5.58. The number of esters is 1. The second-order valence-electron chi connectivity index (χ2n) is 5.86. The summed E-state index contributed by atoms with van der Waals surface area (Å²) >= 11 is 6.00. The van der Waals surface area contributed by atoms with Crippen molar-refractivity contribution in [3.63, 3.8) is 0 Å². The number of rotatable bonds is 5. The van der Waals surface area contributed by atoms with Crippen LogP contribution in [0.1, 0.15) is 23.6 Å². The third-order valence-corrected chi connectivity index (χ3v) is 4.32. The third-order valence-electron chi connectivity index (χ3n) is 4.08. The topological polar surface area (TPSA) is 64.6 Å². The third kappa shape index (κ3) is 4.24. The van der Waals surface area contributed by atoms with E-state index in [0.717, 1.165) is 11.1 Å². The number of hydrogen-bond donors (Lipinski definition) is 1. The van der Waals surface area contributed by atoms with Gasteiger partial charge in [-0.2, -0.15) is 0 Å². The van der Waals surface area contributed by atoms with Crippen LogP contribution in [0.25, 0.3) is 6.08 Å². The van der Waals surface area contributed by atoms with Gasteiger partial charge >= 0.3 is 5.97 Å². The molecular weight excluding hydrogens is 354 g/mol. The highest BCUT2D eigenvalue weighted by atomic mass is 35.5. The molecule has 2 aromatic rings. The Morgan fingerprint density at radius 3 is 2.73 bits per heavy atom. The first-order valence-electron chi connectivity index (χ1n) is 8.12. The Labute approximate surface area is 156 Å². The SMILES string of the molecule is COC(=O)CC(NC(=O)C1=Cc2cc(Cl)ccc2OC1)c1ccccc1. The van der Waals surface area contributed by atoms with E-state index in [2.05, 4.69) is 5.32 Å². The zero-order chi connectivity index (χ0) is 18.5. The summed E-state index contributed by atoms with van der Waals surface area (Å²) in [5.41, 5.74) is 2.04. The molecule has 0 aromatic heterocycles. The summed E-state index contributed by atoms with van der Waals surface area (Å²) in [5, 5.41) is 3.46. The van der Waals surface area contributed by atoms with Crippen molar-refractivity contribution in [3.8, 4) is 5.75 Å². The Bertz CT molecular complexity index is 848. The molecule has 1 heterocycles. The van der Waals surface area contributed by atoms with Gasteiger partial charge < -0.3 is 14.8 Å². The van der Waals surface area contributed by atoms with Crippen molar-refractivity contribution < 1.29 is 19.1 Å². The average Bonchev–Trinajstić information content (AvgIpc) is 2.67. The summed E-state index contributed by atoms with van der Waals surface area (Å²) in [5.74, 6) is -0.0151. The zero-order valence-electron chi connectivity index (χ0n) is 14.2. The number of nitrogens with one attached hydrogen (secondary N) is 1. The molecule has 0 radical (unpaired) electrons. The lowest BCUT2D eigenvalue weighted by Gasteiger charge is -2.22. The summed E-state index contributed by atoms with van der Waals surface area (Å²) in [4.78, 5) is 24.4. The molecule has 0 bridgehead atoms. The number of ether oxygens (including phenoxy) is 2. The van der Waals surface area contributed by atoms with E-state index in [4.69, 9.17) is 21.1 Å². The molecule has 2 aromatic carbocycles. The maximum Gasteiger partial charge on any atom is 0.307 e. The molecule has 26 heavy (non-hydrogen) atoms. The first-order valence-corrected chi connectivity index (χ1v) is 8.50. The minimum absolute atomic E-state index is 0.0445. The molecule has 0 fully saturated rings. The van der Waals surface area contributed by atoms with E-state index in [-0.39, 0.29) is 18.9 Å². The first-order chi connectivity index (χ1) is 12.6. The molecule has 1 atom stereocenters. The minimum Gasteiger partial charge on any atom is -0.488 e. The van der Waals surface area contributed by atoms with E-state index in [9.17, 15) is 9.59 Å². The summed E-state index contributed by atoms with van der Waals surface area (Å²) in [6.07, 6.45) is 1.79. The highest BCUT2D eigenvalue weighted by Crippen LogP contribution is 2.29. The Hall–Kier alpha value is -2.79. The van der Waals surface area contributed by atoms with Crippen molar-refractivity contribution in [2.75, 3.05) is 13.7 Å². The van der Waals surface area contributed by atoms with Gasteiger partial charge in [0.15, 0.2) is 0 Å². The highest BCUT2D eigenvalue weighted by molar-refractivity contribution is 6.30. The molecule has 5 nitrogen and oxygen atoms in total. The van der Waals surface area contributed by atoms with Gasteiger partial charge in [0.25, 0.3) is 5.91 Å². The average molecular weight is 372 g/mol. The number of carbonyl (C=O) groups excluding carboxylic acids is 2. The van der Waals surface area contributed by atoms with Crippen LogP contribution in [0, 0.1) is 0 Å². The van der Waals surface area contributed by atoms with Crippen molar-refractivity contribution in [1.82, 2.24) is 5.32 Å². The number of benzene rings is 2. The fourth-order valence-corrected chi connectivity index (χ4v) is 2.90. The van der Waals surface area contributed by atoms with Crippen molar-refractivity contribution in [2.24, 2.45) is 0 Å². The highest BCUT2D eigenvalue weighted by Gasteiger charge is 2.23. The van der Waals surface area contributed by atoms with Crippen LogP contribution in [0.2, 0.25) is 5.02 Å². The zero-order valence-corrected chi connectivity index (χ0v) is 15.0. The van der Waals surface area contributed by atoms with Gasteiger partial charge in [0.05, 0.1) is 25.1 Å². The van der Waals surface area contributed by atoms with Crippen molar-refractivity contribution in [2.45, 2.75) is 12.5 Å². The van der Waals surface area contributed by atoms with Crippen LogP contribution in [-0.2, 0) is 14.3 Å². The van der Waals surface area contributed by atoms with Gasteiger partial charge in [-0.1, -0.05) is 41.9 Å². The standard InChI is InChI=1S/C20H18ClNO4/c1-25-19(23)11-17(13-5-3-2-4-6-13)22-20(24)15-9-14-10-16(21)7-8-18(14)26-12-15/h2-10,17H,11-12H2,1H3,(H,22,24). The molecule has 6 heteroatoms. The summed E-state index contributed by atoms with van der Waals surface area (Å²) < 4.78 is 10.4. The van der Waals surface area contributed by atoms with Gasteiger partial charge in [0.2, 0.25) is 0 Å². The van der Waals surface area contributed by atoms with Crippen LogP contribution in [-0.4, -0.2) is 25.6 Å². The molecule has 0 spiro atoms. The van der Waals surface area contributed by atoms with Crippen LogP contribution in [0.5, 0.6) is 5.75 Å². The van der Waals surface area contributed by atoms with Crippen LogP contribution in [0.15, 0.2) is 54.1 Å². The lowest BCUT2D eigenvalue weighted by Crippen LogP contribution is -2.33. The van der Waals surface area contributed by atoms with Crippen LogP contribution >= 0.6 is 11.6 Å². The van der Waals surface area contributed by atoms with E-state index >= 15 is 0 Å². The molecule has 134 valence electrons. The van der Waals surface area contributed by atoms with Gasteiger partial charge in [0, 0.05) is 10.6 Å². The minimum atomic E-state index is -0.488. The van der Waals surface area contributed by atoms with Gasteiger partial charge in [-0.25, -0.2) is 0 Å². The van der Waals surface area contributed by atoms with Crippen molar-refractivity contribution in [1.29, 1.82) is 0 Å². The molecule has 1 aliphatic rings. The van der Waals surface area contributed by atoms with Crippen molar-refractivity contribution in [3.05, 3.63) is 70.3 Å². The fourth-order valence-electron chi connectivity index (χ4n) is 2.72. The van der Waals surface area contributed by atoms with E-state index in [1.165, 1.54) is 7.11 Å². The molecule has 1 amide bonds. The number of carbonyl (C=O) groups is 2. The molecule has 0 saturated carbocycles. The maximum atomic E-state index is 12.7. The second kappa shape index (κ2) is 8.06. The molecule has 1 aliphatic heterocycles. The van der Waals surface area contributed by atoms with Crippen LogP contribution in [0.4, 0.5) is 0 Å². The number of halogens is 1. The molecule has 1 unspecified atom stereocenters. The summed E-state index contributed by atoms with van der Waals surface area (Å²) in [6.45, 7) is 0.153. The monoisotopic (exact) mass is 371 g/mol. The van der Waals surface area contributed by atoms with E-state index in [1.54, 1.807) is 24.3 Å². The Balaban J connectivity index is 1.80. The van der Waals surface area contributed by atoms with Crippen LogP contribution in [0.3, 0.4) is 0 Å². The lowest BCUT2D eigenvalue weighted by molar-refractivity contribution is -0.141. The summed E-state index contributed by atoms with van der Waals surface area (Å²) in [7, 11) is 1.32. The number of fused-ring (bicyclic) bond motifs is 1. The normalized spacial score (nSPS) is 13.7. The van der Waals surface area contributed by atoms with Crippen LogP contribution < -0.4 is 10.1 Å². The Morgan fingerprint density at radius 2 is 2.00 bits per heavy atom. The first kappa shape index (κ1) is 18.0. The molecule has 1 N–H and O–H groups in total. The predicted molar refractivity (Wildman–Crippen MR) is 98.9 cm³/mol. The second-order valence-corrected chi connectivity index (χ2v) is 6.29. The van der Waals surface area contributed by atoms with E-state index < -0.39 is 12.0 Å². The summed E-state index contributed by atoms with van der Waals surface area (Å²) in [6, 6.07) is 14.1. The maximum absolute atomic E-state index is 12.7. The Morgan fingerprint density at radius 1 is 1.23 bits per heavy atom. The number of hydrogen-bond acceptors (Lipinski definition) is 4. The van der Waals surface area contributed by atoms with Gasteiger partial charge in [-0.3, -0.25) is 9.59 Å². The number of amides is 1. The van der Waals surface area contributed by atoms with Gasteiger partial charge in [0.1, 0.15) is 12.4 Å². The van der Waals surface area contributed by atoms with Gasteiger partial charge in [-0.15, -0.1) is 0 Å². The largest absolute Gasteiger partial charge is 0.488 e. The molecule has 0 saturated heterocycles. The van der Waals surface area contributed by atoms with Gasteiger partial charge in [-0.05, 0) is 29.8 Å². The lowest BCUT2D eigenvalue weighted by atomic mass is 10.0. The van der Waals surface area contributed by atoms with E-state index in [1.807, 2.05) is 30.3 Å². The quantitative estimate of drug-likeness (QED) is 0.816. The fraction of sp³-hybridized carbons (Fsp3) is 0.200. The molecule has 3 rings (SSSR count). The predicted octanol–water partition coefficient (Wildman–Crippen LogP) is 3.54.